The summed E-state index contributed by atoms with van der Waals surface area (Å²) in [6, 6.07) is 1.72. The summed E-state index contributed by atoms with van der Waals surface area (Å²) in [5.41, 5.74) is 0.964. The molecule has 0 unspecified atom stereocenters. The third-order valence-corrected chi connectivity index (χ3v) is 4.11. The molecule has 3 rings (SSSR count). The highest BCUT2D eigenvalue weighted by atomic mass is 32.2. The third-order valence-electron chi connectivity index (χ3n) is 2.86. The van der Waals surface area contributed by atoms with Crippen molar-refractivity contribution >= 4 is 21.4 Å². The zero-order valence-corrected chi connectivity index (χ0v) is 11.7. The molecule has 9 heteroatoms. The van der Waals surface area contributed by atoms with E-state index in [0.717, 1.165) is 0 Å². The molecule has 0 fully saturated rings. The maximum Gasteiger partial charge on any atom is 0.281 e. The molecule has 0 amide bonds. The number of hydrogen-bond acceptors (Lipinski definition) is 5. The van der Waals surface area contributed by atoms with E-state index >= 15 is 0 Å². The molecule has 1 N–H and O–H groups in total. The van der Waals surface area contributed by atoms with E-state index in [1.165, 1.54) is 16.9 Å². The number of anilines is 1. The standard InChI is InChI=1S/C11H12N6O2S/c1-8-14-11(7-16(8)2)20(18,19)15-9-5-12-10-3-4-13-17(10)6-9/h3-7,15H,1-2H3. The van der Waals surface area contributed by atoms with E-state index < -0.39 is 10.0 Å². The highest BCUT2D eigenvalue weighted by molar-refractivity contribution is 7.92. The lowest BCUT2D eigenvalue weighted by Gasteiger charge is -2.05. The number of nitrogens with zero attached hydrogens (tertiary/aromatic N) is 5. The molecule has 104 valence electrons. The normalized spacial score (nSPS) is 11.9. The summed E-state index contributed by atoms with van der Waals surface area (Å²) in [6.45, 7) is 1.73. The van der Waals surface area contributed by atoms with Gasteiger partial charge in [0.15, 0.2) is 10.7 Å². The Bertz CT molecular complexity index is 860. The SMILES string of the molecule is Cc1nc(S(=O)(=O)Nc2cnc3ccnn3c2)cn1C. The van der Waals surface area contributed by atoms with Crippen LogP contribution >= 0.6 is 0 Å². The van der Waals surface area contributed by atoms with Crippen molar-refractivity contribution in [3.05, 3.63) is 36.7 Å². The Hall–Kier alpha value is -2.42. The quantitative estimate of drug-likeness (QED) is 0.761. The number of aryl methyl sites for hydroxylation is 2. The van der Waals surface area contributed by atoms with E-state index in [0.29, 0.717) is 17.2 Å². The lowest BCUT2D eigenvalue weighted by molar-refractivity contribution is 0.598. The summed E-state index contributed by atoms with van der Waals surface area (Å²) in [5, 5.41) is 3.97. The molecule has 0 atom stereocenters. The van der Waals surface area contributed by atoms with Crippen LogP contribution in [-0.4, -0.2) is 32.6 Å². The molecule has 0 radical (unpaired) electrons. The first-order valence-corrected chi connectivity index (χ1v) is 7.26. The van der Waals surface area contributed by atoms with Gasteiger partial charge in [-0.1, -0.05) is 0 Å². The van der Waals surface area contributed by atoms with Crippen LogP contribution in [0.3, 0.4) is 0 Å². The first-order chi connectivity index (χ1) is 9.45. The molecule has 0 aliphatic heterocycles. The second kappa shape index (κ2) is 4.30. The number of sulfonamides is 1. The molecule has 3 aromatic heterocycles. The number of rotatable bonds is 3. The van der Waals surface area contributed by atoms with Crippen LogP contribution in [0.15, 0.2) is 35.9 Å². The van der Waals surface area contributed by atoms with Gasteiger partial charge in [-0.15, -0.1) is 0 Å². The monoisotopic (exact) mass is 292 g/mol. The lowest BCUT2D eigenvalue weighted by atomic mass is 10.5. The predicted molar refractivity (Wildman–Crippen MR) is 71.7 cm³/mol. The average Bonchev–Trinajstić information content (AvgIpc) is 2.96. The van der Waals surface area contributed by atoms with Crippen molar-refractivity contribution in [2.24, 2.45) is 7.05 Å². The minimum absolute atomic E-state index is 0.0296. The molecule has 0 spiro atoms. The maximum atomic E-state index is 12.2. The van der Waals surface area contributed by atoms with E-state index in [1.54, 1.807) is 37.0 Å². The van der Waals surface area contributed by atoms with Gasteiger partial charge < -0.3 is 4.57 Å². The molecule has 20 heavy (non-hydrogen) atoms. The van der Waals surface area contributed by atoms with Crippen LogP contribution in [0.1, 0.15) is 5.82 Å². The first kappa shape index (κ1) is 12.6. The Balaban J connectivity index is 1.96. The summed E-state index contributed by atoms with van der Waals surface area (Å²) in [5.74, 6) is 0.617. The van der Waals surface area contributed by atoms with Crippen molar-refractivity contribution in [1.29, 1.82) is 0 Å². The summed E-state index contributed by atoms with van der Waals surface area (Å²) >= 11 is 0. The first-order valence-electron chi connectivity index (χ1n) is 5.78. The fourth-order valence-electron chi connectivity index (χ4n) is 1.73. The van der Waals surface area contributed by atoms with Crippen molar-refractivity contribution in [2.75, 3.05) is 4.72 Å². The second-order valence-electron chi connectivity index (χ2n) is 4.32. The second-order valence-corrected chi connectivity index (χ2v) is 5.95. The fourth-order valence-corrected chi connectivity index (χ4v) is 2.80. The Morgan fingerprint density at radius 2 is 2.10 bits per heavy atom. The van der Waals surface area contributed by atoms with Gasteiger partial charge in [-0.05, 0) is 6.92 Å². The predicted octanol–water partition coefficient (Wildman–Crippen LogP) is 0.572. The van der Waals surface area contributed by atoms with Crippen LogP contribution in [0.25, 0.3) is 5.65 Å². The van der Waals surface area contributed by atoms with Gasteiger partial charge in [0.1, 0.15) is 5.82 Å². The number of fused-ring (bicyclic) bond motifs is 1. The lowest BCUT2D eigenvalue weighted by Crippen LogP contribution is -2.14. The molecule has 0 saturated heterocycles. The molecule has 0 aromatic carbocycles. The smallest absolute Gasteiger partial charge is 0.281 e. The number of nitrogens with one attached hydrogen (secondary N) is 1. The molecule has 0 bridgehead atoms. The molecule has 0 aliphatic rings. The van der Waals surface area contributed by atoms with Gasteiger partial charge >= 0.3 is 0 Å². The van der Waals surface area contributed by atoms with Crippen LogP contribution in [0.5, 0.6) is 0 Å². The van der Waals surface area contributed by atoms with Crippen molar-refractivity contribution in [2.45, 2.75) is 11.9 Å². The van der Waals surface area contributed by atoms with Gasteiger partial charge in [-0.2, -0.15) is 13.5 Å². The molecular weight excluding hydrogens is 280 g/mol. The van der Waals surface area contributed by atoms with Gasteiger partial charge in [0, 0.05) is 19.3 Å². The van der Waals surface area contributed by atoms with Crippen molar-refractivity contribution < 1.29 is 8.42 Å². The molecule has 0 saturated carbocycles. The Kier molecular flexibility index (Phi) is 2.71. The van der Waals surface area contributed by atoms with E-state index in [2.05, 4.69) is 19.8 Å². The van der Waals surface area contributed by atoms with E-state index in [9.17, 15) is 8.42 Å². The molecule has 0 aliphatic carbocycles. The summed E-state index contributed by atoms with van der Waals surface area (Å²) in [7, 11) is -1.99. The van der Waals surface area contributed by atoms with Gasteiger partial charge in [0.05, 0.1) is 24.3 Å². The summed E-state index contributed by atoms with van der Waals surface area (Å²) < 4.78 is 30.0. The summed E-state index contributed by atoms with van der Waals surface area (Å²) in [4.78, 5) is 8.09. The van der Waals surface area contributed by atoms with Gasteiger partial charge in [-0.3, -0.25) is 4.72 Å². The average molecular weight is 292 g/mol. The maximum absolute atomic E-state index is 12.2. The van der Waals surface area contributed by atoms with Crippen LogP contribution in [0, 0.1) is 6.92 Å². The van der Waals surface area contributed by atoms with Gasteiger partial charge in [0.2, 0.25) is 0 Å². The molecule has 3 aromatic rings. The van der Waals surface area contributed by atoms with Gasteiger partial charge in [0.25, 0.3) is 10.0 Å². The Labute approximate surface area is 115 Å². The Morgan fingerprint density at radius 1 is 1.30 bits per heavy atom. The Morgan fingerprint density at radius 3 is 2.80 bits per heavy atom. The van der Waals surface area contributed by atoms with E-state index in [1.807, 2.05) is 0 Å². The molecule has 8 nitrogen and oxygen atoms in total. The number of imidazole rings is 1. The minimum Gasteiger partial charge on any atom is -0.337 e. The minimum atomic E-state index is -3.73. The van der Waals surface area contributed by atoms with Crippen molar-refractivity contribution in [3.8, 4) is 0 Å². The van der Waals surface area contributed by atoms with Crippen LogP contribution in [0.4, 0.5) is 5.69 Å². The van der Waals surface area contributed by atoms with E-state index in [-0.39, 0.29) is 5.03 Å². The van der Waals surface area contributed by atoms with E-state index in [4.69, 9.17) is 0 Å². The number of hydrogen-bond donors (Lipinski definition) is 1. The van der Waals surface area contributed by atoms with Crippen LogP contribution in [0.2, 0.25) is 0 Å². The third kappa shape index (κ3) is 2.11. The van der Waals surface area contributed by atoms with Gasteiger partial charge in [-0.25, -0.2) is 14.5 Å². The zero-order valence-electron chi connectivity index (χ0n) is 10.8. The summed E-state index contributed by atoms with van der Waals surface area (Å²) in [6.07, 6.45) is 6.03. The van der Waals surface area contributed by atoms with Crippen LogP contribution in [-0.2, 0) is 17.1 Å². The molecule has 3 heterocycles. The topological polar surface area (TPSA) is 94.2 Å². The fraction of sp³-hybridized carbons (Fsp3) is 0.182. The largest absolute Gasteiger partial charge is 0.337 e. The zero-order chi connectivity index (χ0) is 14.3. The van der Waals surface area contributed by atoms with Crippen LogP contribution < -0.4 is 4.72 Å². The highest BCUT2D eigenvalue weighted by Crippen LogP contribution is 2.14. The highest BCUT2D eigenvalue weighted by Gasteiger charge is 2.19. The van der Waals surface area contributed by atoms with Crippen molar-refractivity contribution in [1.82, 2.24) is 24.1 Å². The number of aromatic nitrogens is 5. The molecular formula is C11H12N6O2S. The van der Waals surface area contributed by atoms with Crippen molar-refractivity contribution in [3.63, 3.8) is 0 Å².